The minimum atomic E-state index is -0.278. The second kappa shape index (κ2) is 7.26. The van der Waals surface area contributed by atoms with Gasteiger partial charge in [-0.15, -0.1) is 0 Å². The fourth-order valence-corrected chi connectivity index (χ4v) is 4.92. The van der Waals surface area contributed by atoms with E-state index in [9.17, 15) is 4.79 Å². The van der Waals surface area contributed by atoms with Crippen LogP contribution in [0, 0.1) is 0 Å². The van der Waals surface area contributed by atoms with Gasteiger partial charge in [-0.05, 0) is 37.8 Å². The number of benzene rings is 1. The summed E-state index contributed by atoms with van der Waals surface area (Å²) >= 11 is 0. The number of nitrogens with zero attached hydrogens (tertiary/aromatic N) is 2. The van der Waals surface area contributed by atoms with E-state index in [0.29, 0.717) is 18.8 Å². The zero-order valence-corrected chi connectivity index (χ0v) is 16.1. The Labute approximate surface area is 159 Å². The van der Waals surface area contributed by atoms with Gasteiger partial charge in [0, 0.05) is 31.6 Å². The molecule has 2 aromatic rings. The number of aromatic nitrogens is 1. The van der Waals surface area contributed by atoms with Gasteiger partial charge >= 0.3 is 0 Å². The van der Waals surface area contributed by atoms with Crippen LogP contribution >= 0.6 is 0 Å². The van der Waals surface area contributed by atoms with Crippen molar-refractivity contribution in [1.82, 2.24) is 9.47 Å². The molecule has 1 saturated carbocycles. The van der Waals surface area contributed by atoms with Crippen molar-refractivity contribution in [3.8, 4) is 0 Å². The number of hydrogen-bond donors (Lipinski definition) is 1. The lowest BCUT2D eigenvalue weighted by atomic mass is 9.79. The Kier molecular flexibility index (Phi) is 4.97. The van der Waals surface area contributed by atoms with Crippen molar-refractivity contribution in [2.45, 2.75) is 43.4 Å². The lowest BCUT2D eigenvalue weighted by Crippen LogP contribution is -2.53. The molecule has 1 aromatic heterocycles. The lowest BCUT2D eigenvalue weighted by molar-refractivity contribution is -0.0992. The maximum atomic E-state index is 13.4. The molecule has 27 heavy (non-hydrogen) atoms. The highest BCUT2D eigenvalue weighted by Gasteiger charge is 2.53. The van der Waals surface area contributed by atoms with Gasteiger partial charge in [-0.2, -0.15) is 0 Å². The molecule has 1 aliphatic carbocycles. The van der Waals surface area contributed by atoms with E-state index < -0.39 is 0 Å². The molecule has 0 bridgehead atoms. The Morgan fingerprint density at radius 3 is 2.89 bits per heavy atom. The van der Waals surface area contributed by atoms with Crippen molar-refractivity contribution in [2.75, 3.05) is 26.9 Å². The molecule has 2 heterocycles. The molecule has 1 aliphatic heterocycles. The molecule has 1 amide bonds. The predicted octanol–water partition coefficient (Wildman–Crippen LogP) is 2.34. The SMILES string of the molecule is CO[C@@]12CC[C@H](OCCO)C[C@@H]1N(C(=O)c1cc3ccccc3n1C)CC2. The molecule has 1 saturated heterocycles. The van der Waals surface area contributed by atoms with Gasteiger partial charge in [0.1, 0.15) is 5.69 Å². The fraction of sp³-hybridized carbons (Fsp3) is 0.571. The largest absolute Gasteiger partial charge is 0.394 e. The van der Waals surface area contributed by atoms with Crippen molar-refractivity contribution in [3.05, 3.63) is 36.0 Å². The van der Waals surface area contributed by atoms with Gasteiger partial charge in [0.25, 0.3) is 5.91 Å². The standard InChI is InChI=1S/C21H28N2O4/c1-22-17-6-4-3-5-15(17)13-18(22)20(25)23-10-9-21(26-2)8-7-16(14-19(21)23)27-12-11-24/h3-6,13,16,19,24H,7-12,14H2,1-2H3/t16-,19-,21+/m0/s1. The van der Waals surface area contributed by atoms with E-state index >= 15 is 0 Å². The van der Waals surface area contributed by atoms with E-state index in [1.54, 1.807) is 7.11 Å². The summed E-state index contributed by atoms with van der Waals surface area (Å²) in [4.78, 5) is 15.4. The number of amides is 1. The minimum absolute atomic E-state index is 0.00505. The summed E-state index contributed by atoms with van der Waals surface area (Å²) in [7, 11) is 3.70. The number of likely N-dealkylation sites (tertiary alicyclic amines) is 1. The second-order valence-corrected chi connectivity index (χ2v) is 7.67. The van der Waals surface area contributed by atoms with Gasteiger partial charge in [-0.1, -0.05) is 18.2 Å². The van der Waals surface area contributed by atoms with E-state index in [-0.39, 0.29) is 30.3 Å². The average Bonchev–Trinajstić information content (AvgIpc) is 3.24. The topological polar surface area (TPSA) is 63.9 Å². The molecule has 4 rings (SSSR count). The monoisotopic (exact) mass is 372 g/mol. The molecule has 3 atom stereocenters. The Morgan fingerprint density at radius 1 is 1.33 bits per heavy atom. The van der Waals surface area contributed by atoms with Crippen LogP contribution < -0.4 is 0 Å². The number of aliphatic hydroxyl groups excluding tert-OH is 1. The van der Waals surface area contributed by atoms with Crippen molar-refractivity contribution in [3.63, 3.8) is 0 Å². The van der Waals surface area contributed by atoms with E-state index in [1.165, 1.54) is 0 Å². The van der Waals surface area contributed by atoms with E-state index in [2.05, 4.69) is 0 Å². The van der Waals surface area contributed by atoms with E-state index in [1.807, 2.05) is 46.8 Å². The molecule has 0 spiro atoms. The number of fused-ring (bicyclic) bond motifs is 2. The summed E-state index contributed by atoms with van der Waals surface area (Å²) in [6.07, 6.45) is 3.45. The molecule has 1 aromatic carbocycles. The number of aliphatic hydroxyl groups is 1. The van der Waals surface area contributed by atoms with Gasteiger partial charge in [0.2, 0.25) is 0 Å². The van der Waals surface area contributed by atoms with Crippen LogP contribution in [-0.4, -0.2) is 65.1 Å². The molecule has 1 N–H and O–H groups in total. The highest BCUT2D eigenvalue weighted by Crippen LogP contribution is 2.43. The van der Waals surface area contributed by atoms with Gasteiger partial charge in [0.05, 0.1) is 31.0 Å². The number of methoxy groups -OCH3 is 1. The van der Waals surface area contributed by atoms with Crippen LogP contribution in [0.5, 0.6) is 0 Å². The van der Waals surface area contributed by atoms with Gasteiger partial charge < -0.3 is 24.0 Å². The smallest absolute Gasteiger partial charge is 0.270 e. The molecule has 2 fully saturated rings. The van der Waals surface area contributed by atoms with E-state index in [4.69, 9.17) is 14.6 Å². The molecule has 6 nitrogen and oxygen atoms in total. The van der Waals surface area contributed by atoms with Gasteiger partial charge in [0.15, 0.2) is 0 Å². The molecule has 0 unspecified atom stereocenters. The Balaban J connectivity index is 1.62. The van der Waals surface area contributed by atoms with Gasteiger partial charge in [-0.3, -0.25) is 4.79 Å². The summed E-state index contributed by atoms with van der Waals surface area (Å²) in [5, 5.41) is 10.1. The number of carbonyl (C=O) groups is 1. The van der Waals surface area contributed by atoms with Crippen LogP contribution in [0.15, 0.2) is 30.3 Å². The van der Waals surface area contributed by atoms with Crippen LogP contribution in [0.3, 0.4) is 0 Å². The van der Waals surface area contributed by atoms with Crippen molar-refractivity contribution in [2.24, 2.45) is 7.05 Å². The average molecular weight is 372 g/mol. The molecule has 2 aliphatic rings. The Morgan fingerprint density at radius 2 is 2.15 bits per heavy atom. The third-order valence-electron chi connectivity index (χ3n) is 6.42. The maximum Gasteiger partial charge on any atom is 0.270 e. The van der Waals surface area contributed by atoms with E-state index in [0.717, 1.165) is 36.6 Å². The zero-order chi connectivity index (χ0) is 19.0. The number of ether oxygens (including phenoxy) is 2. The van der Waals surface area contributed by atoms with Crippen LogP contribution in [0.4, 0.5) is 0 Å². The normalized spacial score (nSPS) is 27.9. The van der Waals surface area contributed by atoms with Gasteiger partial charge in [-0.25, -0.2) is 0 Å². The number of carbonyl (C=O) groups excluding carboxylic acids is 1. The third-order valence-corrected chi connectivity index (χ3v) is 6.42. The van der Waals surface area contributed by atoms with Crippen LogP contribution in [0.1, 0.15) is 36.2 Å². The first kappa shape index (κ1) is 18.5. The molecular weight excluding hydrogens is 344 g/mol. The first-order valence-corrected chi connectivity index (χ1v) is 9.72. The number of aryl methyl sites for hydroxylation is 1. The summed E-state index contributed by atoms with van der Waals surface area (Å²) in [6, 6.07) is 10.0. The summed E-state index contributed by atoms with van der Waals surface area (Å²) < 4.78 is 13.7. The fourth-order valence-electron chi connectivity index (χ4n) is 4.92. The number of hydrogen-bond acceptors (Lipinski definition) is 4. The highest BCUT2D eigenvalue weighted by atomic mass is 16.5. The van der Waals surface area contributed by atoms with Crippen molar-refractivity contribution in [1.29, 1.82) is 0 Å². The predicted molar refractivity (Wildman–Crippen MR) is 103 cm³/mol. The molecule has 6 heteroatoms. The molecular formula is C21H28N2O4. The molecule has 146 valence electrons. The summed E-state index contributed by atoms with van der Waals surface area (Å²) in [5.74, 6) is 0.0560. The summed E-state index contributed by atoms with van der Waals surface area (Å²) in [6.45, 7) is 1.06. The van der Waals surface area contributed by atoms with Crippen LogP contribution in [0.25, 0.3) is 10.9 Å². The zero-order valence-electron chi connectivity index (χ0n) is 16.1. The third kappa shape index (κ3) is 3.06. The van der Waals surface area contributed by atoms with Crippen molar-refractivity contribution < 1.29 is 19.4 Å². The summed E-state index contributed by atoms with van der Waals surface area (Å²) in [5.41, 5.74) is 1.49. The number of rotatable bonds is 5. The van der Waals surface area contributed by atoms with Crippen molar-refractivity contribution >= 4 is 16.8 Å². The first-order chi connectivity index (χ1) is 13.1. The minimum Gasteiger partial charge on any atom is -0.394 e. The van der Waals surface area contributed by atoms with Crippen LogP contribution in [-0.2, 0) is 16.5 Å². The Hall–Kier alpha value is -1.89. The van der Waals surface area contributed by atoms with Crippen LogP contribution in [0.2, 0.25) is 0 Å². The lowest BCUT2D eigenvalue weighted by Gasteiger charge is -2.43. The Bertz CT molecular complexity index is 833. The quantitative estimate of drug-likeness (QED) is 0.875. The maximum absolute atomic E-state index is 13.4. The number of para-hydroxylation sites is 1. The second-order valence-electron chi connectivity index (χ2n) is 7.67. The molecule has 0 radical (unpaired) electrons. The first-order valence-electron chi connectivity index (χ1n) is 9.72. The highest BCUT2D eigenvalue weighted by molar-refractivity contribution is 5.99.